The molecule has 2 nitrogen and oxygen atoms in total. The van der Waals surface area contributed by atoms with Crippen LogP contribution in [0.2, 0.25) is 0 Å². The molecule has 0 N–H and O–H groups in total. The van der Waals surface area contributed by atoms with Gasteiger partial charge in [0.2, 0.25) is 0 Å². The minimum atomic E-state index is 0.524. The van der Waals surface area contributed by atoms with E-state index in [0.29, 0.717) is 28.6 Å². The van der Waals surface area contributed by atoms with Crippen LogP contribution in [0.4, 0.5) is 0 Å². The smallest absolute Gasteiger partial charge is 0.115 e. The highest BCUT2D eigenvalue weighted by Gasteiger charge is 2.11. The first-order valence-electron chi connectivity index (χ1n) is 4.64. The van der Waals surface area contributed by atoms with Crippen LogP contribution in [0.15, 0.2) is 11.3 Å². The summed E-state index contributed by atoms with van der Waals surface area (Å²) < 4.78 is 6.01. The van der Waals surface area contributed by atoms with Crippen molar-refractivity contribution in [3.05, 3.63) is 11.3 Å². The van der Waals surface area contributed by atoms with Gasteiger partial charge in [-0.3, -0.25) is 0 Å². The number of allylic oxidation sites excluding steroid dienone is 1. The van der Waals surface area contributed by atoms with Crippen LogP contribution in [0.25, 0.3) is 0 Å². The Morgan fingerprint density at radius 2 is 2.07 bits per heavy atom. The predicted octanol–water partition coefficient (Wildman–Crippen LogP) is 3.29. The Kier molecular flexibility index (Phi) is 7.54. The minimum absolute atomic E-state index is 0.524. The molecule has 0 atom stereocenters. The summed E-state index contributed by atoms with van der Waals surface area (Å²) in [7, 11) is 0. The van der Waals surface area contributed by atoms with E-state index in [9.17, 15) is 0 Å². The predicted molar refractivity (Wildman–Crippen MR) is 65.3 cm³/mol. The maximum atomic E-state index is 8.96. The number of hydrogen-bond acceptors (Lipinski definition) is 4. The third kappa shape index (κ3) is 4.12. The van der Waals surface area contributed by atoms with Crippen molar-refractivity contribution >= 4 is 28.2 Å². The summed E-state index contributed by atoms with van der Waals surface area (Å²) in [5.74, 6) is 1.59. The Balaban J connectivity index is 4.80. The lowest BCUT2D eigenvalue weighted by molar-refractivity contribution is 0.220. The summed E-state index contributed by atoms with van der Waals surface area (Å²) in [6.07, 6.45) is 0.709. The second kappa shape index (κ2) is 7.84. The molecule has 0 amide bonds. The molecular weight excluding hydrogens is 214 g/mol. The topological polar surface area (TPSA) is 33.0 Å². The number of nitriles is 1. The fourth-order valence-corrected chi connectivity index (χ4v) is 2.03. The SMILES string of the molecule is CCOC(CC)=C(C#N)C(=S)SCC. The Hall–Kier alpha value is -0.530. The van der Waals surface area contributed by atoms with Crippen molar-refractivity contribution in [2.45, 2.75) is 27.2 Å². The molecule has 14 heavy (non-hydrogen) atoms. The van der Waals surface area contributed by atoms with Crippen LogP contribution in [0, 0.1) is 11.3 Å². The standard InChI is InChI=1S/C10H15NOS2/c1-4-9(12-5-2)8(7-11)10(13)14-6-3/h4-6H2,1-3H3. The number of nitrogens with zero attached hydrogens (tertiary/aromatic N) is 1. The lowest BCUT2D eigenvalue weighted by Crippen LogP contribution is -2.02. The Labute approximate surface area is 95.3 Å². The van der Waals surface area contributed by atoms with Crippen molar-refractivity contribution in [2.75, 3.05) is 12.4 Å². The van der Waals surface area contributed by atoms with E-state index in [1.54, 1.807) is 0 Å². The molecule has 0 aliphatic rings. The molecule has 0 saturated heterocycles. The van der Waals surface area contributed by atoms with E-state index in [0.717, 1.165) is 5.75 Å². The first-order chi connectivity index (χ1) is 6.71. The van der Waals surface area contributed by atoms with E-state index in [2.05, 4.69) is 6.07 Å². The van der Waals surface area contributed by atoms with Crippen LogP contribution >= 0.6 is 24.0 Å². The van der Waals surface area contributed by atoms with E-state index in [4.69, 9.17) is 22.2 Å². The zero-order valence-corrected chi connectivity index (χ0v) is 10.4. The van der Waals surface area contributed by atoms with Gasteiger partial charge in [-0.15, -0.1) is 11.8 Å². The molecule has 0 unspecified atom stereocenters. The summed E-state index contributed by atoms with van der Waals surface area (Å²) in [6.45, 7) is 6.45. The summed E-state index contributed by atoms with van der Waals surface area (Å²) in [6, 6.07) is 2.12. The van der Waals surface area contributed by atoms with Crippen molar-refractivity contribution in [1.29, 1.82) is 5.26 Å². The van der Waals surface area contributed by atoms with Gasteiger partial charge in [0, 0.05) is 6.42 Å². The first-order valence-corrected chi connectivity index (χ1v) is 6.03. The summed E-state index contributed by atoms with van der Waals surface area (Å²) in [4.78, 5) is 0. The highest BCUT2D eigenvalue weighted by Crippen LogP contribution is 2.18. The molecule has 0 rings (SSSR count). The Morgan fingerprint density at radius 1 is 1.43 bits per heavy atom. The maximum Gasteiger partial charge on any atom is 0.115 e. The number of thioether (sulfide) groups is 1. The average molecular weight is 229 g/mol. The third-order valence-corrected chi connectivity index (χ3v) is 2.82. The van der Waals surface area contributed by atoms with Crippen molar-refractivity contribution < 1.29 is 4.74 Å². The zero-order valence-electron chi connectivity index (χ0n) is 8.79. The second-order valence-electron chi connectivity index (χ2n) is 2.42. The number of hydrogen-bond donors (Lipinski definition) is 0. The van der Waals surface area contributed by atoms with Crippen molar-refractivity contribution in [3.63, 3.8) is 0 Å². The molecular formula is C10H15NOS2. The van der Waals surface area contributed by atoms with E-state index < -0.39 is 0 Å². The van der Waals surface area contributed by atoms with E-state index in [-0.39, 0.29) is 0 Å². The van der Waals surface area contributed by atoms with Gasteiger partial charge in [0.1, 0.15) is 17.4 Å². The fourth-order valence-electron chi connectivity index (χ4n) is 0.950. The highest BCUT2D eigenvalue weighted by atomic mass is 32.2. The molecule has 0 bridgehead atoms. The Morgan fingerprint density at radius 3 is 2.43 bits per heavy atom. The summed E-state index contributed by atoms with van der Waals surface area (Å²) >= 11 is 6.64. The van der Waals surface area contributed by atoms with Gasteiger partial charge in [0.05, 0.1) is 10.8 Å². The number of ether oxygens (including phenoxy) is 1. The molecule has 0 aromatic carbocycles. The lowest BCUT2D eigenvalue weighted by Gasteiger charge is -2.09. The van der Waals surface area contributed by atoms with Crippen LogP contribution in [-0.4, -0.2) is 16.6 Å². The monoisotopic (exact) mass is 229 g/mol. The third-order valence-electron chi connectivity index (χ3n) is 1.51. The lowest BCUT2D eigenvalue weighted by atomic mass is 10.2. The van der Waals surface area contributed by atoms with Gasteiger partial charge in [0.25, 0.3) is 0 Å². The van der Waals surface area contributed by atoms with Crippen molar-refractivity contribution in [1.82, 2.24) is 0 Å². The van der Waals surface area contributed by atoms with Crippen molar-refractivity contribution in [3.8, 4) is 6.07 Å². The molecule has 4 heteroatoms. The first kappa shape index (κ1) is 13.5. The summed E-state index contributed by atoms with van der Waals surface area (Å²) in [5, 5.41) is 8.96. The van der Waals surface area contributed by atoms with Crippen molar-refractivity contribution in [2.24, 2.45) is 0 Å². The normalized spacial score (nSPS) is 11.6. The van der Waals surface area contributed by atoms with Crippen LogP contribution in [-0.2, 0) is 4.74 Å². The van der Waals surface area contributed by atoms with Crippen LogP contribution in [0.3, 0.4) is 0 Å². The minimum Gasteiger partial charge on any atom is -0.497 e. The molecule has 0 aliphatic carbocycles. The molecule has 0 saturated carbocycles. The van der Waals surface area contributed by atoms with Gasteiger partial charge < -0.3 is 4.74 Å². The summed E-state index contributed by atoms with van der Waals surface area (Å²) in [5.41, 5.74) is 0.524. The molecule has 0 radical (unpaired) electrons. The fraction of sp³-hybridized carbons (Fsp3) is 0.600. The van der Waals surface area contributed by atoms with Gasteiger partial charge in [-0.05, 0) is 12.7 Å². The van der Waals surface area contributed by atoms with Crippen LogP contribution < -0.4 is 0 Å². The maximum absolute atomic E-state index is 8.96. The second-order valence-corrected chi connectivity index (χ2v) is 4.36. The van der Waals surface area contributed by atoms with Gasteiger partial charge in [-0.2, -0.15) is 5.26 Å². The highest BCUT2D eigenvalue weighted by molar-refractivity contribution is 8.23. The van der Waals surface area contributed by atoms with Crippen LogP contribution in [0.5, 0.6) is 0 Å². The van der Waals surface area contributed by atoms with E-state index in [1.165, 1.54) is 11.8 Å². The molecule has 0 aliphatic heterocycles. The van der Waals surface area contributed by atoms with Crippen LogP contribution in [0.1, 0.15) is 27.2 Å². The molecule has 78 valence electrons. The number of thiocarbonyl (C=S) groups is 1. The zero-order chi connectivity index (χ0) is 11.0. The molecule has 0 heterocycles. The molecule has 0 aromatic heterocycles. The van der Waals surface area contributed by atoms with E-state index >= 15 is 0 Å². The molecule has 0 aromatic rings. The van der Waals surface area contributed by atoms with Gasteiger partial charge >= 0.3 is 0 Å². The average Bonchev–Trinajstić information content (AvgIpc) is 2.18. The van der Waals surface area contributed by atoms with Gasteiger partial charge in [0.15, 0.2) is 0 Å². The largest absolute Gasteiger partial charge is 0.497 e. The van der Waals surface area contributed by atoms with E-state index in [1.807, 2.05) is 20.8 Å². The molecule has 0 fully saturated rings. The van der Waals surface area contributed by atoms with Gasteiger partial charge in [-0.1, -0.05) is 26.1 Å². The number of rotatable bonds is 5. The quantitative estimate of drug-likeness (QED) is 0.313. The Bertz CT molecular complexity index is 266. The molecule has 0 spiro atoms. The van der Waals surface area contributed by atoms with Gasteiger partial charge in [-0.25, -0.2) is 0 Å².